The lowest BCUT2D eigenvalue weighted by Gasteiger charge is -2.08. The summed E-state index contributed by atoms with van der Waals surface area (Å²) in [5, 5.41) is 9.04. The standard InChI is InChI=1S/C11H14F3N5O/c1-7-16-8(6-9-17-18-10(20)19(7)9)15-5-3-2-4-11(12,13)14/h6,15H,2-5H2,1H3,(H,18,20). The Balaban J connectivity index is 1.92. The first kappa shape index (κ1) is 14.4. The van der Waals surface area contributed by atoms with Gasteiger partial charge in [-0.15, -0.1) is 0 Å². The number of alkyl halides is 3. The molecule has 0 aliphatic heterocycles. The van der Waals surface area contributed by atoms with Crippen molar-refractivity contribution < 1.29 is 13.2 Å². The van der Waals surface area contributed by atoms with Gasteiger partial charge in [0.2, 0.25) is 0 Å². The zero-order valence-electron chi connectivity index (χ0n) is 10.8. The van der Waals surface area contributed by atoms with Crippen LogP contribution in [-0.2, 0) is 0 Å². The van der Waals surface area contributed by atoms with E-state index in [0.29, 0.717) is 30.3 Å². The number of rotatable bonds is 5. The predicted molar refractivity (Wildman–Crippen MR) is 66.7 cm³/mol. The van der Waals surface area contributed by atoms with Gasteiger partial charge < -0.3 is 5.32 Å². The molecule has 2 rings (SSSR count). The fraction of sp³-hybridized carbons (Fsp3) is 0.545. The summed E-state index contributed by atoms with van der Waals surface area (Å²) in [4.78, 5) is 15.5. The monoisotopic (exact) mass is 289 g/mol. The van der Waals surface area contributed by atoms with Crippen LogP contribution in [0.1, 0.15) is 25.1 Å². The molecule has 2 N–H and O–H groups in total. The van der Waals surface area contributed by atoms with Gasteiger partial charge in [-0.25, -0.2) is 19.3 Å². The summed E-state index contributed by atoms with van der Waals surface area (Å²) in [6.45, 7) is 2.03. The van der Waals surface area contributed by atoms with E-state index in [2.05, 4.69) is 20.5 Å². The quantitative estimate of drug-likeness (QED) is 0.824. The fourth-order valence-electron chi connectivity index (χ4n) is 1.86. The summed E-state index contributed by atoms with van der Waals surface area (Å²) in [6.07, 6.45) is -4.43. The maximum absolute atomic E-state index is 12.0. The maximum Gasteiger partial charge on any atom is 0.389 e. The molecule has 9 heteroatoms. The Bertz CT molecular complexity index is 646. The van der Waals surface area contributed by atoms with Gasteiger partial charge in [0.05, 0.1) is 0 Å². The summed E-state index contributed by atoms with van der Waals surface area (Å²) < 4.78 is 37.2. The van der Waals surface area contributed by atoms with Crippen LogP contribution < -0.4 is 11.0 Å². The minimum absolute atomic E-state index is 0.0690. The minimum Gasteiger partial charge on any atom is -0.370 e. The van der Waals surface area contributed by atoms with Crippen molar-refractivity contribution in [1.29, 1.82) is 0 Å². The first-order chi connectivity index (χ1) is 9.37. The Morgan fingerprint density at radius 1 is 1.40 bits per heavy atom. The number of H-pyrrole nitrogens is 1. The van der Waals surface area contributed by atoms with Crippen LogP contribution in [0, 0.1) is 6.92 Å². The lowest BCUT2D eigenvalue weighted by molar-refractivity contribution is -0.135. The van der Waals surface area contributed by atoms with E-state index in [1.54, 1.807) is 13.0 Å². The topological polar surface area (TPSA) is 75.1 Å². The third-order valence-electron chi connectivity index (χ3n) is 2.76. The molecule has 20 heavy (non-hydrogen) atoms. The van der Waals surface area contributed by atoms with Gasteiger partial charge in [0.1, 0.15) is 11.6 Å². The zero-order chi connectivity index (χ0) is 14.8. The number of hydrogen-bond acceptors (Lipinski definition) is 4. The first-order valence-corrected chi connectivity index (χ1v) is 6.12. The fourth-order valence-corrected chi connectivity index (χ4v) is 1.86. The van der Waals surface area contributed by atoms with Crippen molar-refractivity contribution in [3.05, 3.63) is 22.4 Å². The van der Waals surface area contributed by atoms with E-state index in [1.165, 1.54) is 4.40 Å². The number of aromatic nitrogens is 4. The van der Waals surface area contributed by atoms with Crippen LogP contribution in [0.15, 0.2) is 10.9 Å². The summed E-state index contributed by atoms with van der Waals surface area (Å²) in [6, 6.07) is 1.56. The van der Waals surface area contributed by atoms with Crippen molar-refractivity contribution >= 4 is 11.5 Å². The Labute approximate surface area is 112 Å². The van der Waals surface area contributed by atoms with Crippen LogP contribution in [0.4, 0.5) is 19.0 Å². The summed E-state index contributed by atoms with van der Waals surface area (Å²) in [7, 11) is 0. The number of unbranched alkanes of at least 4 members (excludes halogenated alkanes) is 1. The number of hydrogen-bond donors (Lipinski definition) is 2. The summed E-state index contributed by atoms with van der Waals surface area (Å²) in [5.74, 6) is 0.944. The van der Waals surface area contributed by atoms with Crippen molar-refractivity contribution in [2.45, 2.75) is 32.4 Å². The van der Waals surface area contributed by atoms with Crippen LogP contribution in [0.5, 0.6) is 0 Å². The predicted octanol–water partition coefficient (Wildman–Crippen LogP) is 1.87. The first-order valence-electron chi connectivity index (χ1n) is 6.12. The van der Waals surface area contributed by atoms with Gasteiger partial charge in [-0.3, -0.25) is 0 Å². The van der Waals surface area contributed by atoms with E-state index in [9.17, 15) is 18.0 Å². The summed E-state index contributed by atoms with van der Waals surface area (Å²) in [5.41, 5.74) is 0.0435. The van der Waals surface area contributed by atoms with Crippen molar-refractivity contribution in [3.63, 3.8) is 0 Å². The van der Waals surface area contributed by atoms with Crippen LogP contribution in [0.25, 0.3) is 5.65 Å². The number of aromatic amines is 1. The third-order valence-corrected chi connectivity index (χ3v) is 2.76. The molecule has 0 aromatic carbocycles. The second kappa shape index (κ2) is 5.51. The largest absolute Gasteiger partial charge is 0.389 e. The molecule has 0 saturated heterocycles. The molecule has 2 aromatic heterocycles. The van der Waals surface area contributed by atoms with Crippen LogP contribution in [0.2, 0.25) is 0 Å². The number of aryl methyl sites for hydroxylation is 1. The van der Waals surface area contributed by atoms with E-state index >= 15 is 0 Å². The molecule has 0 aliphatic carbocycles. The summed E-state index contributed by atoms with van der Waals surface area (Å²) >= 11 is 0. The highest BCUT2D eigenvalue weighted by Gasteiger charge is 2.25. The number of nitrogens with zero attached hydrogens (tertiary/aromatic N) is 3. The van der Waals surface area contributed by atoms with Crippen LogP contribution >= 0.6 is 0 Å². The van der Waals surface area contributed by atoms with Crippen molar-refractivity contribution in [2.75, 3.05) is 11.9 Å². The average Bonchev–Trinajstić information content (AvgIpc) is 2.69. The van der Waals surface area contributed by atoms with E-state index in [0.717, 1.165) is 0 Å². The molecule has 0 amide bonds. The van der Waals surface area contributed by atoms with E-state index < -0.39 is 12.6 Å². The number of nitrogens with one attached hydrogen (secondary N) is 2. The van der Waals surface area contributed by atoms with Crippen molar-refractivity contribution in [1.82, 2.24) is 19.6 Å². The zero-order valence-corrected chi connectivity index (χ0v) is 10.8. The average molecular weight is 289 g/mol. The van der Waals surface area contributed by atoms with Crippen molar-refractivity contribution in [2.24, 2.45) is 0 Å². The molecule has 0 atom stereocenters. The number of fused-ring (bicyclic) bond motifs is 1. The second-order valence-electron chi connectivity index (χ2n) is 4.41. The van der Waals surface area contributed by atoms with Gasteiger partial charge in [0.25, 0.3) is 0 Å². The molecule has 0 aliphatic rings. The molecule has 6 nitrogen and oxygen atoms in total. The van der Waals surface area contributed by atoms with Crippen molar-refractivity contribution in [3.8, 4) is 0 Å². The smallest absolute Gasteiger partial charge is 0.370 e. The molecule has 2 aromatic rings. The van der Waals surface area contributed by atoms with Crippen LogP contribution in [-0.4, -0.2) is 32.3 Å². The Morgan fingerprint density at radius 3 is 2.85 bits per heavy atom. The minimum atomic E-state index is -4.11. The van der Waals surface area contributed by atoms with Gasteiger partial charge in [0.15, 0.2) is 5.65 Å². The van der Waals surface area contributed by atoms with Crippen LogP contribution in [0.3, 0.4) is 0 Å². The van der Waals surface area contributed by atoms with Gasteiger partial charge >= 0.3 is 11.9 Å². The highest BCUT2D eigenvalue weighted by atomic mass is 19.4. The molecule has 0 unspecified atom stereocenters. The molecule has 0 saturated carbocycles. The second-order valence-corrected chi connectivity index (χ2v) is 4.41. The molecule has 0 bridgehead atoms. The lowest BCUT2D eigenvalue weighted by Crippen LogP contribution is -2.14. The van der Waals surface area contributed by atoms with E-state index in [4.69, 9.17) is 0 Å². The molecule has 110 valence electrons. The number of anilines is 1. The molecular formula is C11H14F3N5O. The molecule has 2 heterocycles. The van der Waals surface area contributed by atoms with Gasteiger partial charge in [0, 0.05) is 19.0 Å². The van der Waals surface area contributed by atoms with Gasteiger partial charge in [-0.2, -0.15) is 18.3 Å². The third kappa shape index (κ3) is 3.49. The van der Waals surface area contributed by atoms with Gasteiger partial charge in [-0.05, 0) is 19.8 Å². The van der Waals surface area contributed by atoms with Gasteiger partial charge in [-0.1, -0.05) is 0 Å². The highest BCUT2D eigenvalue weighted by molar-refractivity contribution is 5.49. The van der Waals surface area contributed by atoms with E-state index in [1.807, 2.05) is 0 Å². The maximum atomic E-state index is 12.0. The Hall–Kier alpha value is -2.06. The lowest BCUT2D eigenvalue weighted by atomic mass is 10.2. The Kier molecular flexibility index (Phi) is 3.96. The highest BCUT2D eigenvalue weighted by Crippen LogP contribution is 2.22. The SMILES string of the molecule is Cc1nc(NCCCCC(F)(F)F)cc2n[nH]c(=O)n12. The molecule has 0 spiro atoms. The normalized spacial score (nSPS) is 12.0. The Morgan fingerprint density at radius 2 is 2.15 bits per heavy atom. The van der Waals surface area contributed by atoms with E-state index in [-0.39, 0.29) is 12.1 Å². The number of halogens is 3. The molecule has 0 fully saturated rings. The molecule has 0 radical (unpaired) electrons. The molecular weight excluding hydrogens is 275 g/mol.